The number of thiazole rings is 1. The molecule has 1 aliphatic heterocycles. The van der Waals surface area contributed by atoms with E-state index in [4.69, 9.17) is 9.47 Å². The molecule has 0 saturated carbocycles. The Morgan fingerprint density at radius 2 is 2.10 bits per heavy atom. The van der Waals surface area contributed by atoms with Gasteiger partial charge in [-0.3, -0.25) is 9.59 Å². The Bertz CT molecular complexity index is 922. The Balaban J connectivity index is 1.66. The maximum absolute atomic E-state index is 13.6. The Kier molecular flexibility index (Phi) is 8.22. The van der Waals surface area contributed by atoms with Gasteiger partial charge in [0, 0.05) is 26.2 Å². The SMILES string of the molecule is CCOCCn1c(=NC(=O)CSCC(=O)N2CCOCC2)sc2cc(F)ccc21. The third-order valence-corrected chi connectivity index (χ3v) is 6.29. The molecular formula is C19H24FN3O4S2. The third kappa shape index (κ3) is 6.11. The molecule has 7 nitrogen and oxygen atoms in total. The zero-order chi connectivity index (χ0) is 20.6. The number of morpholine rings is 1. The highest BCUT2D eigenvalue weighted by Gasteiger charge is 2.17. The molecule has 1 aromatic carbocycles. The average Bonchev–Trinajstić information content (AvgIpc) is 3.04. The zero-order valence-electron chi connectivity index (χ0n) is 16.3. The van der Waals surface area contributed by atoms with Crippen LogP contribution in [-0.4, -0.2) is 72.3 Å². The predicted octanol–water partition coefficient (Wildman–Crippen LogP) is 1.90. The summed E-state index contributed by atoms with van der Waals surface area (Å²) >= 11 is 2.52. The number of amides is 2. The van der Waals surface area contributed by atoms with Crippen LogP contribution in [0.15, 0.2) is 23.2 Å². The van der Waals surface area contributed by atoms with Crippen molar-refractivity contribution in [2.45, 2.75) is 13.5 Å². The molecule has 0 atom stereocenters. The summed E-state index contributed by atoms with van der Waals surface area (Å²) in [6, 6.07) is 4.52. The Hall–Kier alpha value is -1.75. The number of fused-ring (bicyclic) bond motifs is 1. The molecule has 29 heavy (non-hydrogen) atoms. The molecule has 0 bridgehead atoms. The molecule has 1 aromatic heterocycles. The third-order valence-electron chi connectivity index (χ3n) is 4.34. The number of benzene rings is 1. The molecule has 1 saturated heterocycles. The number of aromatic nitrogens is 1. The van der Waals surface area contributed by atoms with E-state index in [1.165, 1.54) is 35.2 Å². The number of ether oxygens (including phenoxy) is 2. The van der Waals surface area contributed by atoms with Crippen molar-refractivity contribution in [2.75, 3.05) is 51.0 Å². The highest BCUT2D eigenvalue weighted by molar-refractivity contribution is 8.00. The number of rotatable bonds is 8. The molecule has 2 aromatic rings. The molecule has 2 amide bonds. The van der Waals surface area contributed by atoms with E-state index in [2.05, 4.69) is 4.99 Å². The van der Waals surface area contributed by atoms with E-state index < -0.39 is 0 Å². The van der Waals surface area contributed by atoms with E-state index >= 15 is 0 Å². The van der Waals surface area contributed by atoms with Gasteiger partial charge in [0.05, 0.1) is 41.5 Å². The van der Waals surface area contributed by atoms with Crippen LogP contribution in [0.25, 0.3) is 10.2 Å². The van der Waals surface area contributed by atoms with Gasteiger partial charge < -0.3 is 18.9 Å². The molecule has 2 heterocycles. The van der Waals surface area contributed by atoms with E-state index in [-0.39, 0.29) is 29.1 Å². The van der Waals surface area contributed by atoms with Crippen LogP contribution in [0.2, 0.25) is 0 Å². The maximum Gasteiger partial charge on any atom is 0.258 e. The molecule has 10 heteroatoms. The van der Waals surface area contributed by atoms with Crippen LogP contribution in [0.4, 0.5) is 4.39 Å². The highest BCUT2D eigenvalue weighted by Crippen LogP contribution is 2.18. The fourth-order valence-corrected chi connectivity index (χ4v) is 4.71. The quantitative estimate of drug-likeness (QED) is 0.585. The van der Waals surface area contributed by atoms with Crippen molar-refractivity contribution in [3.63, 3.8) is 0 Å². The van der Waals surface area contributed by atoms with Gasteiger partial charge in [0.25, 0.3) is 5.91 Å². The van der Waals surface area contributed by atoms with Crippen LogP contribution in [0.5, 0.6) is 0 Å². The summed E-state index contributed by atoms with van der Waals surface area (Å²) < 4.78 is 26.8. The molecule has 158 valence electrons. The standard InChI is InChI=1S/C19H24FN3O4S2/c1-2-26-10-7-23-15-4-3-14(20)11-16(15)29-19(23)21-17(24)12-28-13-18(25)22-5-8-27-9-6-22/h3-4,11H,2,5-10,12-13H2,1H3. The molecule has 0 spiro atoms. The van der Waals surface area contributed by atoms with Gasteiger partial charge in [0.1, 0.15) is 5.82 Å². The summed E-state index contributed by atoms with van der Waals surface area (Å²) in [5, 5.41) is 0. The molecule has 0 radical (unpaired) electrons. The van der Waals surface area contributed by atoms with Gasteiger partial charge >= 0.3 is 0 Å². The number of thioether (sulfide) groups is 1. The van der Waals surface area contributed by atoms with Gasteiger partial charge in [0.15, 0.2) is 4.80 Å². The van der Waals surface area contributed by atoms with Crippen molar-refractivity contribution >= 4 is 45.1 Å². The summed E-state index contributed by atoms with van der Waals surface area (Å²) in [5.41, 5.74) is 0.817. The van der Waals surface area contributed by atoms with Gasteiger partial charge in [0.2, 0.25) is 5.91 Å². The van der Waals surface area contributed by atoms with E-state index in [9.17, 15) is 14.0 Å². The van der Waals surface area contributed by atoms with Crippen LogP contribution >= 0.6 is 23.1 Å². The largest absolute Gasteiger partial charge is 0.380 e. The van der Waals surface area contributed by atoms with Gasteiger partial charge in [-0.15, -0.1) is 11.8 Å². The molecular weight excluding hydrogens is 417 g/mol. The molecule has 0 aliphatic carbocycles. The van der Waals surface area contributed by atoms with Crippen molar-refractivity contribution in [2.24, 2.45) is 4.99 Å². The van der Waals surface area contributed by atoms with Crippen LogP contribution in [-0.2, 0) is 25.6 Å². The van der Waals surface area contributed by atoms with Crippen molar-refractivity contribution in [1.29, 1.82) is 0 Å². The Morgan fingerprint density at radius 3 is 2.86 bits per heavy atom. The maximum atomic E-state index is 13.6. The first-order valence-electron chi connectivity index (χ1n) is 9.46. The summed E-state index contributed by atoms with van der Waals surface area (Å²) in [6.45, 7) is 5.80. The van der Waals surface area contributed by atoms with E-state index in [0.717, 1.165) is 10.2 Å². The first-order chi connectivity index (χ1) is 14.1. The topological polar surface area (TPSA) is 73.1 Å². The average molecular weight is 442 g/mol. The lowest BCUT2D eigenvalue weighted by Crippen LogP contribution is -2.41. The molecule has 1 fully saturated rings. The number of hydrogen-bond acceptors (Lipinski definition) is 6. The van der Waals surface area contributed by atoms with Crippen LogP contribution < -0.4 is 4.80 Å². The van der Waals surface area contributed by atoms with Crippen LogP contribution in [0.3, 0.4) is 0 Å². The highest BCUT2D eigenvalue weighted by atomic mass is 32.2. The number of halogens is 1. The van der Waals surface area contributed by atoms with Crippen molar-refractivity contribution in [3.8, 4) is 0 Å². The first-order valence-corrected chi connectivity index (χ1v) is 11.4. The fraction of sp³-hybridized carbons (Fsp3) is 0.526. The molecule has 1 aliphatic rings. The van der Waals surface area contributed by atoms with Crippen molar-refractivity contribution in [1.82, 2.24) is 9.47 Å². The molecule has 0 N–H and O–H groups in total. The monoisotopic (exact) mass is 441 g/mol. The van der Waals surface area contributed by atoms with Gasteiger partial charge in [-0.2, -0.15) is 4.99 Å². The van der Waals surface area contributed by atoms with Crippen molar-refractivity contribution < 1.29 is 23.5 Å². The second kappa shape index (κ2) is 10.9. The normalized spacial score (nSPS) is 15.2. The Labute approximate surface area is 176 Å². The number of nitrogens with zero attached hydrogens (tertiary/aromatic N) is 3. The lowest BCUT2D eigenvalue weighted by molar-refractivity contribution is -0.132. The Morgan fingerprint density at radius 1 is 1.31 bits per heavy atom. The number of hydrogen-bond donors (Lipinski definition) is 0. The second-order valence-electron chi connectivity index (χ2n) is 6.34. The van der Waals surface area contributed by atoms with Gasteiger partial charge in [-0.25, -0.2) is 4.39 Å². The summed E-state index contributed by atoms with van der Waals surface area (Å²) in [4.78, 5) is 31.0. The first kappa shape index (κ1) is 21.9. The smallest absolute Gasteiger partial charge is 0.258 e. The summed E-state index contributed by atoms with van der Waals surface area (Å²) in [7, 11) is 0. The molecule has 3 rings (SSSR count). The minimum atomic E-state index is -0.328. The van der Waals surface area contributed by atoms with Crippen LogP contribution in [0.1, 0.15) is 6.92 Å². The lowest BCUT2D eigenvalue weighted by Gasteiger charge is -2.26. The predicted molar refractivity (Wildman–Crippen MR) is 112 cm³/mol. The van der Waals surface area contributed by atoms with E-state index in [1.54, 1.807) is 11.0 Å². The fourth-order valence-electron chi connectivity index (χ4n) is 2.92. The zero-order valence-corrected chi connectivity index (χ0v) is 17.9. The number of carbonyl (C=O) groups excluding carboxylic acids is 2. The second-order valence-corrected chi connectivity index (χ2v) is 8.33. The van der Waals surface area contributed by atoms with E-state index in [1.807, 2.05) is 11.5 Å². The van der Waals surface area contributed by atoms with Gasteiger partial charge in [-0.05, 0) is 25.1 Å². The van der Waals surface area contributed by atoms with Gasteiger partial charge in [-0.1, -0.05) is 11.3 Å². The number of carbonyl (C=O) groups is 2. The molecule has 0 unspecified atom stereocenters. The lowest BCUT2D eigenvalue weighted by atomic mass is 10.3. The minimum Gasteiger partial charge on any atom is -0.380 e. The summed E-state index contributed by atoms with van der Waals surface area (Å²) in [5.74, 6) is -0.282. The van der Waals surface area contributed by atoms with Crippen LogP contribution in [0, 0.1) is 5.82 Å². The van der Waals surface area contributed by atoms with E-state index in [0.29, 0.717) is 50.9 Å². The summed E-state index contributed by atoms with van der Waals surface area (Å²) in [6.07, 6.45) is 0. The minimum absolute atomic E-state index is 0.00946. The van der Waals surface area contributed by atoms with Crippen molar-refractivity contribution in [3.05, 3.63) is 28.8 Å².